The van der Waals surface area contributed by atoms with Gasteiger partial charge in [-0.05, 0) is 12.3 Å². The first-order chi connectivity index (χ1) is 8.47. The molecule has 0 bridgehead atoms. The molecule has 0 aromatic heterocycles. The molecule has 2 amide bonds. The van der Waals surface area contributed by atoms with Crippen molar-refractivity contribution in [1.29, 1.82) is 0 Å². The maximum atomic E-state index is 12.2. The zero-order valence-electron chi connectivity index (χ0n) is 12.1. The highest BCUT2D eigenvalue weighted by Crippen LogP contribution is 2.11. The van der Waals surface area contributed by atoms with E-state index in [1.165, 1.54) is 0 Å². The number of halogens is 1. The van der Waals surface area contributed by atoms with Crippen molar-refractivity contribution in [3.63, 3.8) is 0 Å². The average molecular weight is 292 g/mol. The predicted octanol–water partition coefficient (Wildman–Crippen LogP) is 0.862. The number of nitrogens with two attached hydrogens (primary N) is 1. The Labute approximate surface area is 121 Å². The van der Waals surface area contributed by atoms with Crippen molar-refractivity contribution in [2.75, 3.05) is 26.2 Å². The van der Waals surface area contributed by atoms with Crippen LogP contribution in [0.1, 0.15) is 33.6 Å². The lowest BCUT2D eigenvalue weighted by molar-refractivity contribution is -0.134. The number of carbonyl (C=O) groups excluding carboxylic acids is 2. The number of nitrogens with zero attached hydrogens (tertiary/aromatic N) is 2. The summed E-state index contributed by atoms with van der Waals surface area (Å²) in [6, 6.07) is -0.418. The fraction of sp³-hybridized carbons (Fsp3) is 0.846. The number of hydrogen-bond acceptors (Lipinski definition) is 3. The molecule has 0 aliphatic carbocycles. The Morgan fingerprint density at radius 1 is 1.16 bits per heavy atom. The molecule has 0 spiro atoms. The number of hydrogen-bond donors (Lipinski definition) is 1. The molecule has 0 aromatic rings. The zero-order valence-corrected chi connectivity index (χ0v) is 12.9. The van der Waals surface area contributed by atoms with Crippen molar-refractivity contribution in [3.8, 4) is 0 Å². The van der Waals surface area contributed by atoms with Crippen LogP contribution in [0.25, 0.3) is 0 Å². The van der Waals surface area contributed by atoms with E-state index in [4.69, 9.17) is 5.73 Å². The second-order valence-electron chi connectivity index (χ2n) is 5.10. The van der Waals surface area contributed by atoms with Gasteiger partial charge in [0.1, 0.15) is 0 Å². The highest BCUT2D eigenvalue weighted by Gasteiger charge is 2.26. The van der Waals surface area contributed by atoms with E-state index in [9.17, 15) is 9.59 Å². The van der Waals surface area contributed by atoms with E-state index in [0.29, 0.717) is 19.6 Å². The normalized spacial score (nSPS) is 19.2. The Morgan fingerprint density at radius 2 is 1.68 bits per heavy atom. The molecule has 2 unspecified atom stereocenters. The summed E-state index contributed by atoms with van der Waals surface area (Å²) in [6.45, 7) is 8.27. The summed E-state index contributed by atoms with van der Waals surface area (Å²) in [5.74, 6) is 0.301. The van der Waals surface area contributed by atoms with Crippen LogP contribution in [-0.4, -0.2) is 53.8 Å². The Bertz CT molecular complexity index is 312. The largest absolute Gasteiger partial charge is 0.341 e. The Morgan fingerprint density at radius 3 is 2.21 bits per heavy atom. The maximum Gasteiger partial charge on any atom is 0.239 e. The van der Waals surface area contributed by atoms with Crippen LogP contribution in [0.5, 0.6) is 0 Å². The highest BCUT2D eigenvalue weighted by molar-refractivity contribution is 5.85. The lowest BCUT2D eigenvalue weighted by Gasteiger charge is -2.27. The summed E-state index contributed by atoms with van der Waals surface area (Å²) in [5, 5.41) is 0. The first-order valence-electron chi connectivity index (χ1n) is 6.77. The van der Waals surface area contributed by atoms with Crippen molar-refractivity contribution in [1.82, 2.24) is 9.80 Å². The third kappa shape index (κ3) is 4.99. The van der Waals surface area contributed by atoms with Gasteiger partial charge in [-0.1, -0.05) is 20.3 Å². The van der Waals surface area contributed by atoms with Crippen LogP contribution < -0.4 is 5.73 Å². The summed E-state index contributed by atoms with van der Waals surface area (Å²) in [7, 11) is 0. The Hall–Kier alpha value is -0.810. The monoisotopic (exact) mass is 291 g/mol. The fourth-order valence-corrected chi connectivity index (χ4v) is 2.16. The van der Waals surface area contributed by atoms with Crippen LogP contribution in [0.2, 0.25) is 0 Å². The van der Waals surface area contributed by atoms with Crippen LogP contribution in [0, 0.1) is 5.92 Å². The van der Waals surface area contributed by atoms with Crippen molar-refractivity contribution in [2.45, 2.75) is 39.7 Å². The molecule has 1 saturated heterocycles. The second-order valence-corrected chi connectivity index (χ2v) is 5.10. The van der Waals surface area contributed by atoms with Crippen molar-refractivity contribution in [3.05, 3.63) is 0 Å². The van der Waals surface area contributed by atoms with Gasteiger partial charge < -0.3 is 15.5 Å². The molecule has 1 aliphatic heterocycles. The summed E-state index contributed by atoms with van der Waals surface area (Å²) in [5.41, 5.74) is 5.98. The number of rotatable bonds is 3. The van der Waals surface area contributed by atoms with Gasteiger partial charge in [0, 0.05) is 33.1 Å². The van der Waals surface area contributed by atoms with Gasteiger partial charge in [0.2, 0.25) is 11.8 Å². The number of amides is 2. The molecule has 6 heteroatoms. The molecule has 0 aromatic carbocycles. The Kier molecular flexibility index (Phi) is 8.02. The predicted molar refractivity (Wildman–Crippen MR) is 78.1 cm³/mol. The minimum atomic E-state index is -0.418. The molecule has 1 heterocycles. The first kappa shape index (κ1) is 18.2. The lowest BCUT2D eigenvalue weighted by Crippen LogP contribution is -2.48. The van der Waals surface area contributed by atoms with Gasteiger partial charge in [0.25, 0.3) is 0 Å². The third-order valence-electron chi connectivity index (χ3n) is 3.80. The molecule has 1 aliphatic rings. The van der Waals surface area contributed by atoms with Crippen molar-refractivity contribution in [2.24, 2.45) is 11.7 Å². The smallest absolute Gasteiger partial charge is 0.239 e. The molecule has 19 heavy (non-hydrogen) atoms. The van der Waals surface area contributed by atoms with E-state index in [1.54, 1.807) is 16.7 Å². The summed E-state index contributed by atoms with van der Waals surface area (Å²) >= 11 is 0. The molecule has 5 nitrogen and oxygen atoms in total. The Balaban J connectivity index is 0.00000324. The second kappa shape index (κ2) is 8.38. The summed E-state index contributed by atoms with van der Waals surface area (Å²) in [6.07, 6.45) is 1.73. The van der Waals surface area contributed by atoms with E-state index in [-0.39, 0.29) is 30.1 Å². The van der Waals surface area contributed by atoms with E-state index < -0.39 is 6.04 Å². The summed E-state index contributed by atoms with van der Waals surface area (Å²) < 4.78 is 0. The quantitative estimate of drug-likeness (QED) is 0.839. The van der Waals surface area contributed by atoms with Crippen LogP contribution in [0.3, 0.4) is 0 Å². The molecular formula is C13H26ClN3O2. The molecule has 0 saturated carbocycles. The molecule has 2 atom stereocenters. The zero-order chi connectivity index (χ0) is 13.7. The summed E-state index contributed by atoms with van der Waals surface area (Å²) in [4.78, 5) is 27.1. The van der Waals surface area contributed by atoms with Gasteiger partial charge in [-0.2, -0.15) is 0 Å². The van der Waals surface area contributed by atoms with Crippen molar-refractivity contribution < 1.29 is 9.59 Å². The third-order valence-corrected chi connectivity index (χ3v) is 3.80. The molecule has 0 radical (unpaired) electrons. The molecule has 1 fully saturated rings. The molecule has 1 rings (SSSR count). The molecule has 2 N–H and O–H groups in total. The van der Waals surface area contributed by atoms with E-state index >= 15 is 0 Å². The fourth-order valence-electron chi connectivity index (χ4n) is 2.16. The van der Waals surface area contributed by atoms with Crippen LogP contribution >= 0.6 is 12.4 Å². The molecule has 112 valence electrons. The van der Waals surface area contributed by atoms with Gasteiger partial charge in [0.15, 0.2) is 0 Å². The van der Waals surface area contributed by atoms with Gasteiger partial charge in [0.05, 0.1) is 6.04 Å². The number of carbonyl (C=O) groups is 2. The van der Waals surface area contributed by atoms with Gasteiger partial charge in [-0.25, -0.2) is 0 Å². The minimum absolute atomic E-state index is 0. The van der Waals surface area contributed by atoms with Gasteiger partial charge in [-0.3, -0.25) is 9.59 Å². The van der Waals surface area contributed by atoms with Crippen LogP contribution in [0.15, 0.2) is 0 Å². The highest BCUT2D eigenvalue weighted by atomic mass is 35.5. The van der Waals surface area contributed by atoms with E-state index in [2.05, 4.69) is 0 Å². The lowest BCUT2D eigenvalue weighted by atomic mass is 9.99. The first-order valence-corrected chi connectivity index (χ1v) is 6.77. The van der Waals surface area contributed by atoms with Gasteiger partial charge in [-0.15, -0.1) is 12.4 Å². The standard InChI is InChI=1S/C13H25N3O2.ClH/c1-4-10(2)12(14)13(18)16-7-5-6-15(8-9-16)11(3)17;/h10,12H,4-9,14H2,1-3H3;1H. The van der Waals surface area contributed by atoms with Crippen molar-refractivity contribution >= 4 is 24.2 Å². The SMILES string of the molecule is CCC(C)C(N)C(=O)N1CCCN(C(C)=O)CC1.Cl. The maximum absolute atomic E-state index is 12.2. The van der Waals surface area contributed by atoms with Crippen LogP contribution in [0.4, 0.5) is 0 Å². The van der Waals surface area contributed by atoms with E-state index in [1.807, 2.05) is 13.8 Å². The average Bonchev–Trinajstić information content (AvgIpc) is 2.61. The van der Waals surface area contributed by atoms with E-state index in [0.717, 1.165) is 19.4 Å². The van der Waals surface area contributed by atoms with Gasteiger partial charge >= 0.3 is 0 Å². The minimum Gasteiger partial charge on any atom is -0.341 e. The topological polar surface area (TPSA) is 66.6 Å². The van der Waals surface area contributed by atoms with Crippen LogP contribution in [-0.2, 0) is 9.59 Å². The molecular weight excluding hydrogens is 266 g/mol.